The number of hydrogen-bond donors (Lipinski definition) is 1. The smallest absolute Gasteiger partial charge is 0.300 e. The highest BCUT2D eigenvalue weighted by molar-refractivity contribution is 7.10. The molecule has 2 heterocycles. The molecule has 0 saturated carbocycles. The zero-order valence-corrected chi connectivity index (χ0v) is 18.1. The van der Waals surface area contributed by atoms with E-state index in [1.54, 1.807) is 36.4 Å². The molecule has 0 aliphatic carbocycles. The van der Waals surface area contributed by atoms with E-state index in [2.05, 4.69) is 0 Å². The van der Waals surface area contributed by atoms with Crippen LogP contribution in [0.4, 0.5) is 5.69 Å². The van der Waals surface area contributed by atoms with Gasteiger partial charge in [0.1, 0.15) is 23.3 Å². The summed E-state index contributed by atoms with van der Waals surface area (Å²) in [5.74, 6) is -0.741. The first kappa shape index (κ1) is 20.7. The van der Waals surface area contributed by atoms with Crippen molar-refractivity contribution in [2.45, 2.75) is 13.0 Å². The molecule has 0 spiro atoms. The highest BCUT2D eigenvalue weighted by Crippen LogP contribution is 2.45. The minimum atomic E-state index is -0.766. The number of anilines is 1. The van der Waals surface area contributed by atoms with Crippen LogP contribution in [0.5, 0.6) is 11.5 Å². The molecule has 1 atom stereocenters. The number of ether oxygens (including phenoxy) is 2. The summed E-state index contributed by atoms with van der Waals surface area (Å²) in [6.07, 6.45) is 0. The van der Waals surface area contributed by atoms with Crippen molar-refractivity contribution in [3.8, 4) is 11.5 Å². The lowest BCUT2D eigenvalue weighted by Gasteiger charge is -2.24. The molecule has 1 aliphatic rings. The summed E-state index contributed by atoms with van der Waals surface area (Å²) in [6.45, 7) is 1.88. The van der Waals surface area contributed by atoms with Crippen molar-refractivity contribution >= 4 is 34.5 Å². The molecule has 0 radical (unpaired) electrons. The lowest BCUT2D eigenvalue weighted by atomic mass is 9.98. The van der Waals surface area contributed by atoms with Gasteiger partial charge in [0, 0.05) is 16.6 Å². The number of carbonyl (C=O) groups is 2. The lowest BCUT2D eigenvalue weighted by Crippen LogP contribution is -2.29. The van der Waals surface area contributed by atoms with Crippen LogP contribution in [-0.4, -0.2) is 31.0 Å². The quantitative estimate of drug-likeness (QED) is 0.357. The summed E-state index contributed by atoms with van der Waals surface area (Å²) in [6, 6.07) is 15.2. The Bertz CT molecular complexity index is 1180. The number of amides is 1. The van der Waals surface area contributed by atoms with E-state index in [0.717, 1.165) is 10.4 Å². The molecule has 7 heteroatoms. The fraction of sp³-hybridized carbons (Fsp3) is 0.167. The van der Waals surface area contributed by atoms with Gasteiger partial charge < -0.3 is 14.6 Å². The van der Waals surface area contributed by atoms with Gasteiger partial charge in [-0.2, -0.15) is 0 Å². The summed E-state index contributed by atoms with van der Waals surface area (Å²) < 4.78 is 10.7. The van der Waals surface area contributed by atoms with Crippen LogP contribution in [0.3, 0.4) is 0 Å². The molecule has 0 bridgehead atoms. The maximum absolute atomic E-state index is 13.2. The predicted octanol–water partition coefficient (Wildman–Crippen LogP) is 4.70. The van der Waals surface area contributed by atoms with E-state index in [-0.39, 0.29) is 11.3 Å². The zero-order chi connectivity index (χ0) is 22.1. The molecule has 31 heavy (non-hydrogen) atoms. The second-order valence-electron chi connectivity index (χ2n) is 7.09. The molecular formula is C24H21NO5S. The highest BCUT2D eigenvalue weighted by Gasteiger charge is 2.47. The topological polar surface area (TPSA) is 76.1 Å². The van der Waals surface area contributed by atoms with Gasteiger partial charge in [0.05, 0.1) is 25.4 Å². The Hall–Kier alpha value is -3.58. The number of carbonyl (C=O) groups excluding carboxylic acids is 2. The van der Waals surface area contributed by atoms with E-state index < -0.39 is 17.7 Å². The number of benzene rings is 2. The number of ketones is 1. The number of aryl methyl sites for hydroxylation is 1. The van der Waals surface area contributed by atoms with E-state index >= 15 is 0 Å². The molecule has 3 aromatic rings. The fourth-order valence-electron chi connectivity index (χ4n) is 3.73. The fourth-order valence-corrected chi connectivity index (χ4v) is 4.55. The standard InChI is InChI=1S/C24H21NO5S/c1-14-9-10-18(30-3)17(12-14)22(26)20-21(19-8-5-11-31-19)25(24(28)23(20)27)15-6-4-7-16(13-15)29-2/h4-13,21,26H,1-3H3/b22-20-. The summed E-state index contributed by atoms with van der Waals surface area (Å²) in [5, 5.41) is 13.1. The predicted molar refractivity (Wildman–Crippen MR) is 120 cm³/mol. The van der Waals surface area contributed by atoms with E-state index in [1.807, 2.05) is 30.5 Å². The van der Waals surface area contributed by atoms with Crippen LogP contribution in [0.15, 0.2) is 65.6 Å². The van der Waals surface area contributed by atoms with Gasteiger partial charge in [0.25, 0.3) is 11.7 Å². The Morgan fingerprint density at radius 1 is 1.03 bits per heavy atom. The Morgan fingerprint density at radius 3 is 2.52 bits per heavy atom. The monoisotopic (exact) mass is 435 g/mol. The van der Waals surface area contributed by atoms with E-state index in [1.165, 1.54) is 30.5 Å². The van der Waals surface area contributed by atoms with E-state index in [9.17, 15) is 14.7 Å². The number of methoxy groups -OCH3 is 2. The number of Topliss-reactive ketones (excluding diaryl/α,β-unsaturated/α-hetero) is 1. The van der Waals surface area contributed by atoms with Gasteiger partial charge in [-0.05, 0) is 42.6 Å². The number of rotatable bonds is 5. The third-order valence-corrected chi connectivity index (χ3v) is 6.12. The summed E-state index contributed by atoms with van der Waals surface area (Å²) in [7, 11) is 3.03. The first-order valence-electron chi connectivity index (χ1n) is 9.59. The van der Waals surface area contributed by atoms with Gasteiger partial charge in [-0.25, -0.2) is 0 Å². The van der Waals surface area contributed by atoms with Crippen LogP contribution in [-0.2, 0) is 9.59 Å². The van der Waals surface area contributed by atoms with Crippen LogP contribution in [0.1, 0.15) is 22.0 Å². The second-order valence-corrected chi connectivity index (χ2v) is 8.07. The second kappa shape index (κ2) is 8.28. The number of hydrogen-bond acceptors (Lipinski definition) is 6. The van der Waals surface area contributed by atoms with Crippen molar-refractivity contribution in [1.82, 2.24) is 0 Å². The van der Waals surface area contributed by atoms with Crippen LogP contribution in [0.25, 0.3) is 5.76 Å². The molecule has 1 unspecified atom stereocenters. The molecule has 1 amide bonds. The van der Waals surface area contributed by atoms with Gasteiger partial charge in [-0.15, -0.1) is 11.3 Å². The molecule has 158 valence electrons. The Morgan fingerprint density at radius 2 is 1.84 bits per heavy atom. The van der Waals surface area contributed by atoms with Crippen molar-refractivity contribution in [2.24, 2.45) is 0 Å². The molecule has 1 fully saturated rings. The molecule has 1 N–H and O–H groups in total. The van der Waals surface area contributed by atoms with Crippen molar-refractivity contribution in [3.63, 3.8) is 0 Å². The lowest BCUT2D eigenvalue weighted by molar-refractivity contribution is -0.132. The van der Waals surface area contributed by atoms with Gasteiger partial charge in [-0.1, -0.05) is 23.8 Å². The van der Waals surface area contributed by atoms with E-state index in [4.69, 9.17) is 9.47 Å². The average molecular weight is 436 g/mol. The maximum atomic E-state index is 13.2. The van der Waals surface area contributed by atoms with Crippen molar-refractivity contribution in [3.05, 3.63) is 81.6 Å². The summed E-state index contributed by atoms with van der Waals surface area (Å²) in [5.41, 5.74) is 1.79. The largest absolute Gasteiger partial charge is 0.507 e. The third kappa shape index (κ3) is 3.57. The summed E-state index contributed by atoms with van der Waals surface area (Å²) in [4.78, 5) is 28.5. The average Bonchev–Trinajstić information content (AvgIpc) is 3.40. The first-order valence-corrected chi connectivity index (χ1v) is 10.5. The molecular weight excluding hydrogens is 414 g/mol. The molecule has 6 nitrogen and oxygen atoms in total. The first-order chi connectivity index (χ1) is 15.0. The van der Waals surface area contributed by atoms with Crippen molar-refractivity contribution in [2.75, 3.05) is 19.1 Å². The summed E-state index contributed by atoms with van der Waals surface area (Å²) >= 11 is 1.41. The maximum Gasteiger partial charge on any atom is 0.300 e. The molecule has 2 aromatic carbocycles. The Labute approximate surface area is 184 Å². The van der Waals surface area contributed by atoms with Gasteiger partial charge in [0.2, 0.25) is 0 Å². The molecule has 1 aromatic heterocycles. The normalized spacial score (nSPS) is 17.8. The van der Waals surface area contributed by atoms with E-state index in [0.29, 0.717) is 22.7 Å². The van der Waals surface area contributed by atoms with Crippen LogP contribution >= 0.6 is 11.3 Å². The number of thiophene rings is 1. The minimum absolute atomic E-state index is 0.0270. The Balaban J connectivity index is 1.96. The van der Waals surface area contributed by atoms with Crippen molar-refractivity contribution in [1.29, 1.82) is 0 Å². The van der Waals surface area contributed by atoms with Crippen molar-refractivity contribution < 1.29 is 24.2 Å². The number of aliphatic hydroxyl groups excluding tert-OH is 1. The van der Waals surface area contributed by atoms with Gasteiger partial charge in [-0.3, -0.25) is 14.5 Å². The van der Waals surface area contributed by atoms with Crippen LogP contribution in [0.2, 0.25) is 0 Å². The molecule has 4 rings (SSSR count). The number of nitrogens with zero attached hydrogens (tertiary/aromatic N) is 1. The number of aliphatic hydroxyl groups is 1. The zero-order valence-electron chi connectivity index (χ0n) is 17.3. The Kier molecular flexibility index (Phi) is 5.52. The van der Waals surface area contributed by atoms with Crippen LogP contribution in [0, 0.1) is 6.92 Å². The molecule has 1 saturated heterocycles. The van der Waals surface area contributed by atoms with Gasteiger partial charge in [0.15, 0.2) is 0 Å². The van der Waals surface area contributed by atoms with Gasteiger partial charge >= 0.3 is 0 Å². The third-order valence-electron chi connectivity index (χ3n) is 5.20. The SMILES string of the molecule is COc1cccc(N2C(=O)C(=O)/C(=C(\O)c3cc(C)ccc3OC)C2c2cccs2)c1. The molecule has 1 aliphatic heterocycles. The van der Waals surface area contributed by atoms with Crippen LogP contribution < -0.4 is 14.4 Å². The highest BCUT2D eigenvalue weighted by atomic mass is 32.1. The minimum Gasteiger partial charge on any atom is -0.507 e.